The zero-order valence-electron chi connectivity index (χ0n) is 24.8. The molecule has 214 valence electrons. The number of rotatable bonds is 1. The molecule has 9 aromatic rings. The lowest BCUT2D eigenvalue weighted by Crippen LogP contribution is -2.37. The van der Waals surface area contributed by atoms with Gasteiger partial charge in [-0.3, -0.25) is 0 Å². The normalized spacial score (nSPS) is 16.1. The van der Waals surface area contributed by atoms with Gasteiger partial charge in [0.2, 0.25) is 0 Å². The lowest BCUT2D eigenvalue weighted by molar-refractivity contribution is 0.438. The Kier molecular flexibility index (Phi) is 4.52. The molecule has 4 heterocycles. The first kappa shape index (κ1) is 24.3. The van der Waals surface area contributed by atoms with Gasteiger partial charge in [0, 0.05) is 38.4 Å². The van der Waals surface area contributed by atoms with Gasteiger partial charge in [0.15, 0.2) is 5.75 Å². The Hall–Kier alpha value is -6.06. The Morgan fingerprint density at radius 2 is 1.00 bits per heavy atom. The van der Waals surface area contributed by atoms with Gasteiger partial charge < -0.3 is 13.9 Å². The minimum absolute atomic E-state index is 0.600. The van der Waals surface area contributed by atoms with Crippen LogP contribution in [0.2, 0.25) is 0 Å². The molecule has 0 bridgehead atoms. The van der Waals surface area contributed by atoms with E-state index >= 15 is 0 Å². The number of fused-ring (bicyclic) bond motifs is 15. The van der Waals surface area contributed by atoms with Crippen LogP contribution in [0.25, 0.3) is 55.0 Å². The highest BCUT2D eigenvalue weighted by atomic mass is 16.5. The molecule has 0 aliphatic carbocycles. The van der Waals surface area contributed by atoms with Gasteiger partial charge in [0.1, 0.15) is 5.75 Å². The minimum Gasteiger partial charge on any atom is -0.454 e. The lowest BCUT2D eigenvalue weighted by Gasteiger charge is -2.45. The average molecular weight is 587 g/mol. The maximum Gasteiger partial charge on any atom is 0.156 e. The topological polar surface area (TPSA) is 19.1 Å². The number of nitrogens with zero attached hydrogens (tertiary/aromatic N) is 2. The fraction of sp³-hybridized carbons (Fsp3) is 0.0233. The Morgan fingerprint density at radius 1 is 0.391 bits per heavy atom. The molecule has 2 aliphatic rings. The Balaban J connectivity index is 1.39. The van der Waals surface area contributed by atoms with Crippen molar-refractivity contribution in [2.75, 3.05) is 0 Å². The van der Waals surface area contributed by atoms with Gasteiger partial charge in [-0.15, -0.1) is 0 Å². The smallest absolute Gasteiger partial charge is 0.156 e. The molecule has 1 unspecified atom stereocenters. The summed E-state index contributed by atoms with van der Waals surface area (Å²) in [6.45, 7) is 0. The van der Waals surface area contributed by atoms with Crippen LogP contribution in [0.4, 0.5) is 0 Å². The molecule has 0 radical (unpaired) electrons. The summed E-state index contributed by atoms with van der Waals surface area (Å²) >= 11 is 0. The standard InChI is InChI=1S/C43H26N2O/c1-2-13-27(14-3-1)44-36-21-8-4-16-29(36)31-25-26-35-42(41(31)44)46-39-24-11-7-19-33(39)43(35)32-18-6-10-23-38(32)45-37-22-9-5-15-28(37)30-17-12-20-34(43)40(30)45/h1-26H. The molecule has 7 aromatic carbocycles. The number of hydrogen-bond donors (Lipinski definition) is 0. The van der Waals surface area contributed by atoms with Crippen molar-refractivity contribution in [1.29, 1.82) is 0 Å². The first-order valence-electron chi connectivity index (χ1n) is 15.9. The molecule has 1 atom stereocenters. The maximum atomic E-state index is 7.14. The second-order valence-electron chi connectivity index (χ2n) is 12.4. The van der Waals surface area contributed by atoms with Gasteiger partial charge in [-0.05, 0) is 47.5 Å². The van der Waals surface area contributed by atoms with Crippen LogP contribution in [0.15, 0.2) is 158 Å². The number of para-hydroxylation sites is 6. The van der Waals surface area contributed by atoms with Crippen LogP contribution < -0.4 is 4.74 Å². The Labute approximate surface area is 265 Å². The molecule has 2 aromatic heterocycles. The third kappa shape index (κ3) is 2.76. The molecule has 0 amide bonds. The molecule has 3 nitrogen and oxygen atoms in total. The molecule has 11 rings (SSSR count). The SMILES string of the molecule is c1ccc(-n2c3ccccc3c3ccc4c(c32)Oc2ccccc2C42c3ccccc3-n3c4ccccc4c4cccc2c43)cc1. The number of benzene rings is 7. The van der Waals surface area contributed by atoms with E-state index < -0.39 is 5.41 Å². The molecule has 3 heteroatoms. The van der Waals surface area contributed by atoms with E-state index in [-0.39, 0.29) is 0 Å². The molecule has 1 spiro atoms. The summed E-state index contributed by atoms with van der Waals surface area (Å²) in [6.07, 6.45) is 0. The van der Waals surface area contributed by atoms with Crippen molar-refractivity contribution in [3.63, 3.8) is 0 Å². The summed E-state index contributed by atoms with van der Waals surface area (Å²) < 4.78 is 12.0. The van der Waals surface area contributed by atoms with Crippen LogP contribution in [0.1, 0.15) is 22.3 Å². The summed E-state index contributed by atoms with van der Waals surface area (Å²) in [4.78, 5) is 0. The average Bonchev–Trinajstić information content (AvgIpc) is 3.65. The quantitative estimate of drug-likeness (QED) is 0.187. The summed E-state index contributed by atoms with van der Waals surface area (Å²) in [6, 6.07) is 57.3. The Bertz CT molecular complexity index is 2730. The fourth-order valence-corrected chi connectivity index (χ4v) is 8.67. The van der Waals surface area contributed by atoms with Gasteiger partial charge >= 0.3 is 0 Å². The van der Waals surface area contributed by atoms with Crippen molar-refractivity contribution < 1.29 is 4.74 Å². The zero-order chi connectivity index (χ0) is 30.0. The van der Waals surface area contributed by atoms with Crippen LogP contribution in [0, 0.1) is 0 Å². The van der Waals surface area contributed by atoms with E-state index in [2.05, 4.69) is 167 Å². The number of aromatic nitrogens is 2. The predicted molar refractivity (Wildman–Crippen MR) is 187 cm³/mol. The fourth-order valence-electron chi connectivity index (χ4n) is 8.67. The zero-order valence-corrected chi connectivity index (χ0v) is 24.8. The minimum atomic E-state index is -0.600. The molecule has 2 aliphatic heterocycles. The molecule has 46 heavy (non-hydrogen) atoms. The second kappa shape index (κ2) is 8.56. The van der Waals surface area contributed by atoms with Gasteiger partial charge in [-0.1, -0.05) is 121 Å². The maximum absolute atomic E-state index is 7.14. The van der Waals surface area contributed by atoms with Crippen molar-refractivity contribution in [2.45, 2.75) is 5.41 Å². The van der Waals surface area contributed by atoms with Crippen molar-refractivity contribution in [3.05, 3.63) is 180 Å². The van der Waals surface area contributed by atoms with Gasteiger partial charge in [0.05, 0.1) is 33.2 Å². The summed E-state index contributed by atoms with van der Waals surface area (Å²) in [5.41, 5.74) is 11.3. The predicted octanol–water partition coefficient (Wildman–Crippen LogP) is 10.7. The highest BCUT2D eigenvalue weighted by Gasteiger charge is 2.50. The first-order valence-corrected chi connectivity index (χ1v) is 15.9. The largest absolute Gasteiger partial charge is 0.454 e. The molecule has 0 saturated carbocycles. The van der Waals surface area contributed by atoms with E-state index in [1.807, 2.05) is 0 Å². The van der Waals surface area contributed by atoms with Crippen molar-refractivity contribution in [3.8, 4) is 22.9 Å². The highest BCUT2D eigenvalue weighted by molar-refractivity contribution is 6.14. The molecule has 0 saturated heterocycles. The van der Waals surface area contributed by atoms with Gasteiger partial charge in [-0.25, -0.2) is 0 Å². The molecular formula is C43H26N2O. The first-order chi connectivity index (χ1) is 22.9. The molecule has 0 fully saturated rings. The third-order valence-corrected chi connectivity index (χ3v) is 10.4. The van der Waals surface area contributed by atoms with E-state index in [1.54, 1.807) is 0 Å². The van der Waals surface area contributed by atoms with Gasteiger partial charge in [-0.2, -0.15) is 0 Å². The van der Waals surface area contributed by atoms with Crippen molar-refractivity contribution >= 4 is 43.6 Å². The van der Waals surface area contributed by atoms with Crippen LogP contribution >= 0.6 is 0 Å². The van der Waals surface area contributed by atoms with Crippen LogP contribution in [-0.4, -0.2) is 9.13 Å². The third-order valence-electron chi connectivity index (χ3n) is 10.4. The van der Waals surface area contributed by atoms with Crippen molar-refractivity contribution in [2.24, 2.45) is 0 Å². The van der Waals surface area contributed by atoms with Crippen molar-refractivity contribution in [1.82, 2.24) is 9.13 Å². The monoisotopic (exact) mass is 586 g/mol. The Morgan fingerprint density at radius 3 is 1.83 bits per heavy atom. The van der Waals surface area contributed by atoms with E-state index in [0.717, 1.165) is 28.3 Å². The van der Waals surface area contributed by atoms with Gasteiger partial charge in [0.25, 0.3) is 0 Å². The number of hydrogen-bond acceptors (Lipinski definition) is 1. The van der Waals surface area contributed by atoms with Crippen LogP contribution in [-0.2, 0) is 5.41 Å². The lowest BCUT2D eigenvalue weighted by atomic mass is 9.61. The summed E-state index contributed by atoms with van der Waals surface area (Å²) in [7, 11) is 0. The summed E-state index contributed by atoms with van der Waals surface area (Å²) in [5, 5.41) is 4.94. The number of ether oxygens (including phenoxy) is 1. The van der Waals surface area contributed by atoms with E-state index in [1.165, 1.54) is 60.5 Å². The van der Waals surface area contributed by atoms with E-state index in [4.69, 9.17) is 4.74 Å². The van der Waals surface area contributed by atoms with Crippen LogP contribution in [0.3, 0.4) is 0 Å². The summed E-state index contributed by atoms with van der Waals surface area (Å²) in [5.74, 6) is 1.80. The molecule has 0 N–H and O–H groups in total. The van der Waals surface area contributed by atoms with E-state index in [0.29, 0.717) is 0 Å². The van der Waals surface area contributed by atoms with Crippen LogP contribution in [0.5, 0.6) is 11.5 Å². The second-order valence-corrected chi connectivity index (χ2v) is 12.4. The van der Waals surface area contributed by atoms with E-state index in [9.17, 15) is 0 Å². The highest BCUT2D eigenvalue weighted by Crippen LogP contribution is 2.61. The molecular weight excluding hydrogens is 560 g/mol.